The summed E-state index contributed by atoms with van der Waals surface area (Å²) >= 11 is 0. The molecule has 0 aliphatic carbocycles. The first-order chi connectivity index (χ1) is 8.08. The van der Waals surface area contributed by atoms with E-state index in [0.717, 1.165) is 30.8 Å². The number of β-amino-alcohol motifs (C(OH)–C–C–N with tert-alkyl or cyclic N) is 1. The summed E-state index contributed by atoms with van der Waals surface area (Å²) in [4.78, 5) is 6.74. The Balaban J connectivity index is 2.15. The van der Waals surface area contributed by atoms with Gasteiger partial charge in [-0.05, 0) is 37.8 Å². The number of piperidine rings is 1. The lowest BCUT2D eigenvalue weighted by atomic mass is 10.0. The SMILES string of the molecule is CC(C)c1ccc(N2CC(O)CCC2C)cn1. The Morgan fingerprint density at radius 3 is 2.71 bits per heavy atom. The zero-order chi connectivity index (χ0) is 12.4. The van der Waals surface area contributed by atoms with Crippen molar-refractivity contribution >= 4 is 5.69 Å². The topological polar surface area (TPSA) is 36.4 Å². The molecule has 0 saturated carbocycles. The zero-order valence-electron chi connectivity index (χ0n) is 10.9. The van der Waals surface area contributed by atoms with Crippen molar-refractivity contribution in [3.05, 3.63) is 24.0 Å². The van der Waals surface area contributed by atoms with Gasteiger partial charge in [-0.25, -0.2) is 0 Å². The van der Waals surface area contributed by atoms with E-state index in [9.17, 15) is 5.11 Å². The molecule has 0 bridgehead atoms. The molecule has 3 nitrogen and oxygen atoms in total. The maximum absolute atomic E-state index is 9.74. The van der Waals surface area contributed by atoms with Crippen molar-refractivity contribution in [1.29, 1.82) is 0 Å². The fourth-order valence-corrected chi connectivity index (χ4v) is 2.36. The fourth-order valence-electron chi connectivity index (χ4n) is 2.36. The van der Waals surface area contributed by atoms with E-state index in [0.29, 0.717) is 12.0 Å². The second kappa shape index (κ2) is 5.05. The van der Waals surface area contributed by atoms with E-state index in [4.69, 9.17) is 0 Å². The van der Waals surface area contributed by atoms with Gasteiger partial charge in [-0.15, -0.1) is 0 Å². The molecule has 1 aromatic heterocycles. The average Bonchev–Trinajstić information content (AvgIpc) is 2.32. The fraction of sp³-hybridized carbons (Fsp3) is 0.643. The number of rotatable bonds is 2. The van der Waals surface area contributed by atoms with Crippen molar-refractivity contribution in [2.75, 3.05) is 11.4 Å². The van der Waals surface area contributed by atoms with Gasteiger partial charge in [-0.1, -0.05) is 13.8 Å². The standard InChI is InChI=1S/C14H22N2O/c1-10(2)14-7-5-12(8-15-14)16-9-13(17)6-4-11(16)3/h5,7-8,10-11,13,17H,4,6,9H2,1-3H3. The molecular formula is C14H22N2O. The van der Waals surface area contributed by atoms with Crippen LogP contribution >= 0.6 is 0 Å². The van der Waals surface area contributed by atoms with Gasteiger partial charge < -0.3 is 10.0 Å². The maximum atomic E-state index is 9.74. The van der Waals surface area contributed by atoms with Gasteiger partial charge in [0.25, 0.3) is 0 Å². The summed E-state index contributed by atoms with van der Waals surface area (Å²) in [6.45, 7) is 7.23. The lowest BCUT2D eigenvalue weighted by Gasteiger charge is -2.37. The summed E-state index contributed by atoms with van der Waals surface area (Å²) in [5, 5.41) is 9.74. The van der Waals surface area contributed by atoms with Crippen molar-refractivity contribution in [3.8, 4) is 0 Å². The van der Waals surface area contributed by atoms with Crippen LogP contribution in [0.2, 0.25) is 0 Å². The van der Waals surface area contributed by atoms with Gasteiger partial charge in [0.2, 0.25) is 0 Å². The smallest absolute Gasteiger partial charge is 0.0716 e. The summed E-state index contributed by atoms with van der Waals surface area (Å²) in [7, 11) is 0. The predicted octanol–water partition coefficient (Wildman–Crippen LogP) is 2.55. The quantitative estimate of drug-likeness (QED) is 0.854. The summed E-state index contributed by atoms with van der Waals surface area (Å²) in [6.07, 6.45) is 3.70. The van der Waals surface area contributed by atoms with Crippen molar-refractivity contribution in [2.24, 2.45) is 0 Å². The monoisotopic (exact) mass is 234 g/mol. The molecule has 1 aliphatic heterocycles. The van der Waals surface area contributed by atoms with Gasteiger partial charge in [-0.2, -0.15) is 0 Å². The lowest BCUT2D eigenvalue weighted by Crippen LogP contribution is -2.44. The van der Waals surface area contributed by atoms with Crippen molar-refractivity contribution in [3.63, 3.8) is 0 Å². The highest BCUT2D eigenvalue weighted by Gasteiger charge is 2.24. The molecule has 1 fully saturated rings. The minimum Gasteiger partial charge on any atom is -0.391 e. The van der Waals surface area contributed by atoms with Gasteiger partial charge in [0.05, 0.1) is 18.0 Å². The molecule has 0 spiro atoms. The number of anilines is 1. The minimum atomic E-state index is -0.198. The van der Waals surface area contributed by atoms with E-state index < -0.39 is 0 Å². The third-order valence-electron chi connectivity index (χ3n) is 3.55. The molecule has 1 aromatic rings. The Morgan fingerprint density at radius 1 is 1.35 bits per heavy atom. The predicted molar refractivity (Wildman–Crippen MR) is 70.4 cm³/mol. The minimum absolute atomic E-state index is 0.198. The lowest BCUT2D eigenvalue weighted by molar-refractivity contribution is 0.144. The van der Waals surface area contributed by atoms with Crippen molar-refractivity contribution in [1.82, 2.24) is 4.98 Å². The van der Waals surface area contributed by atoms with Crippen LogP contribution in [-0.4, -0.2) is 28.8 Å². The molecule has 1 N–H and O–H groups in total. The second-order valence-electron chi connectivity index (χ2n) is 5.33. The summed E-state index contributed by atoms with van der Waals surface area (Å²) < 4.78 is 0. The van der Waals surface area contributed by atoms with Gasteiger partial charge in [0.15, 0.2) is 0 Å². The molecular weight excluding hydrogens is 212 g/mol. The zero-order valence-corrected chi connectivity index (χ0v) is 10.9. The van der Waals surface area contributed by atoms with Crippen LogP contribution in [0.1, 0.15) is 45.2 Å². The third-order valence-corrected chi connectivity index (χ3v) is 3.55. The number of aromatic nitrogens is 1. The van der Waals surface area contributed by atoms with Gasteiger partial charge in [0, 0.05) is 18.3 Å². The molecule has 94 valence electrons. The van der Waals surface area contributed by atoms with Crippen molar-refractivity contribution < 1.29 is 5.11 Å². The molecule has 2 heterocycles. The highest BCUT2D eigenvalue weighted by Crippen LogP contribution is 2.25. The Hall–Kier alpha value is -1.09. The third kappa shape index (κ3) is 2.78. The van der Waals surface area contributed by atoms with Crippen LogP contribution in [0.5, 0.6) is 0 Å². The number of aliphatic hydroxyl groups excluding tert-OH is 1. The van der Waals surface area contributed by atoms with Crippen LogP contribution in [0.4, 0.5) is 5.69 Å². The largest absolute Gasteiger partial charge is 0.391 e. The van der Waals surface area contributed by atoms with Gasteiger partial charge in [0.1, 0.15) is 0 Å². The Morgan fingerprint density at radius 2 is 2.12 bits per heavy atom. The van der Waals surface area contributed by atoms with Gasteiger partial charge in [-0.3, -0.25) is 4.98 Å². The highest BCUT2D eigenvalue weighted by atomic mass is 16.3. The molecule has 1 aliphatic rings. The molecule has 2 unspecified atom stereocenters. The van der Waals surface area contributed by atoms with Crippen molar-refractivity contribution in [2.45, 2.75) is 51.7 Å². The number of aliphatic hydroxyl groups is 1. The molecule has 17 heavy (non-hydrogen) atoms. The van der Waals surface area contributed by atoms with Gasteiger partial charge >= 0.3 is 0 Å². The molecule has 0 radical (unpaired) electrons. The molecule has 3 heteroatoms. The number of pyridine rings is 1. The molecule has 0 aromatic carbocycles. The van der Waals surface area contributed by atoms with E-state index in [1.807, 2.05) is 6.20 Å². The molecule has 2 rings (SSSR count). The Bertz CT molecular complexity index is 361. The first-order valence-electron chi connectivity index (χ1n) is 6.48. The molecule has 1 saturated heterocycles. The number of hydrogen-bond acceptors (Lipinski definition) is 3. The summed E-state index contributed by atoms with van der Waals surface area (Å²) in [5.41, 5.74) is 2.25. The first kappa shape index (κ1) is 12.4. The number of hydrogen-bond donors (Lipinski definition) is 1. The normalized spacial score (nSPS) is 25.4. The van der Waals surface area contributed by atoms with E-state index >= 15 is 0 Å². The van der Waals surface area contributed by atoms with Crippen LogP contribution in [0.25, 0.3) is 0 Å². The first-order valence-corrected chi connectivity index (χ1v) is 6.48. The van der Waals surface area contributed by atoms with E-state index in [1.165, 1.54) is 0 Å². The van der Waals surface area contributed by atoms with Crippen LogP contribution < -0.4 is 4.90 Å². The van der Waals surface area contributed by atoms with E-state index in [1.54, 1.807) is 0 Å². The van der Waals surface area contributed by atoms with Crippen LogP contribution in [0.3, 0.4) is 0 Å². The van der Waals surface area contributed by atoms with E-state index in [2.05, 4.69) is 42.8 Å². The van der Waals surface area contributed by atoms with E-state index in [-0.39, 0.29) is 6.10 Å². The maximum Gasteiger partial charge on any atom is 0.0716 e. The van der Waals surface area contributed by atoms with Crippen LogP contribution in [0.15, 0.2) is 18.3 Å². The Kier molecular flexibility index (Phi) is 3.67. The Labute approximate surface area is 103 Å². The molecule has 2 atom stereocenters. The molecule has 0 amide bonds. The number of nitrogens with zero attached hydrogens (tertiary/aromatic N) is 2. The second-order valence-corrected chi connectivity index (χ2v) is 5.33. The summed E-state index contributed by atoms with van der Waals surface area (Å²) in [5.74, 6) is 0.466. The summed E-state index contributed by atoms with van der Waals surface area (Å²) in [6, 6.07) is 4.70. The average molecular weight is 234 g/mol. The van der Waals surface area contributed by atoms with Crippen LogP contribution in [0, 0.1) is 0 Å². The van der Waals surface area contributed by atoms with Crippen LogP contribution in [-0.2, 0) is 0 Å². The highest BCUT2D eigenvalue weighted by molar-refractivity contribution is 5.46.